The maximum atomic E-state index is 12.8. The van der Waals surface area contributed by atoms with Crippen molar-refractivity contribution in [2.24, 2.45) is 0 Å². The predicted octanol–water partition coefficient (Wildman–Crippen LogP) is 3.48. The molecule has 4 nitrogen and oxygen atoms in total. The first kappa shape index (κ1) is 13.6. The van der Waals surface area contributed by atoms with Crippen molar-refractivity contribution in [3.63, 3.8) is 0 Å². The van der Waals surface area contributed by atoms with Crippen molar-refractivity contribution in [3.05, 3.63) is 58.4 Å². The monoisotopic (exact) mass is 313 g/mol. The number of amides is 1. The molecule has 0 radical (unpaired) electrons. The number of allylic oxidation sites excluding steroid dienone is 1. The van der Waals surface area contributed by atoms with Crippen LogP contribution in [0.4, 0.5) is 0 Å². The van der Waals surface area contributed by atoms with Crippen LogP contribution in [0.5, 0.6) is 0 Å². The fourth-order valence-corrected chi connectivity index (χ4v) is 3.51. The fourth-order valence-electron chi connectivity index (χ4n) is 3.35. The molecule has 0 fully saturated rings. The van der Waals surface area contributed by atoms with E-state index in [9.17, 15) is 4.79 Å². The number of hydrogen-bond acceptors (Lipinski definition) is 2. The third kappa shape index (κ3) is 2.06. The van der Waals surface area contributed by atoms with Crippen LogP contribution in [0.15, 0.2) is 47.7 Å². The highest BCUT2D eigenvalue weighted by Crippen LogP contribution is 2.32. The van der Waals surface area contributed by atoms with Gasteiger partial charge in [0, 0.05) is 12.7 Å². The van der Waals surface area contributed by atoms with E-state index in [1.807, 2.05) is 17.0 Å². The van der Waals surface area contributed by atoms with E-state index in [1.54, 1.807) is 16.8 Å². The second-order valence-corrected chi connectivity index (χ2v) is 6.27. The van der Waals surface area contributed by atoms with Gasteiger partial charge >= 0.3 is 0 Å². The molecule has 0 spiro atoms. The molecule has 1 aliphatic carbocycles. The highest BCUT2D eigenvalue weighted by Gasteiger charge is 2.31. The summed E-state index contributed by atoms with van der Waals surface area (Å²) in [5.41, 5.74) is 4.11. The lowest BCUT2D eigenvalue weighted by atomic mass is 9.95. The lowest BCUT2D eigenvalue weighted by Gasteiger charge is -2.34. The summed E-state index contributed by atoms with van der Waals surface area (Å²) in [6.07, 6.45) is 8.05. The summed E-state index contributed by atoms with van der Waals surface area (Å²) in [4.78, 5) is 14.7. The lowest BCUT2D eigenvalue weighted by Crippen LogP contribution is -2.43. The molecule has 0 aromatic carbocycles. The second-order valence-electron chi connectivity index (χ2n) is 5.84. The SMILES string of the molecule is CC1C2=C(CC=C2)CCN1C(=O)c1cc2ccc(Cl)cn2n1. The van der Waals surface area contributed by atoms with Gasteiger partial charge in [0.15, 0.2) is 5.69 Å². The molecular weight excluding hydrogens is 298 g/mol. The van der Waals surface area contributed by atoms with Gasteiger partial charge in [0.1, 0.15) is 0 Å². The molecule has 0 bridgehead atoms. The minimum Gasteiger partial charge on any atom is -0.330 e. The lowest BCUT2D eigenvalue weighted by molar-refractivity contribution is 0.0703. The number of pyridine rings is 1. The first-order valence-corrected chi connectivity index (χ1v) is 7.85. The Morgan fingerprint density at radius 1 is 1.41 bits per heavy atom. The van der Waals surface area contributed by atoms with E-state index in [-0.39, 0.29) is 11.9 Å². The van der Waals surface area contributed by atoms with Crippen LogP contribution in [-0.2, 0) is 0 Å². The number of fused-ring (bicyclic) bond motifs is 1. The van der Waals surface area contributed by atoms with Crippen LogP contribution in [-0.4, -0.2) is 33.0 Å². The Hall–Kier alpha value is -2.07. The normalized spacial score (nSPS) is 20.8. The summed E-state index contributed by atoms with van der Waals surface area (Å²) in [7, 11) is 0. The van der Waals surface area contributed by atoms with Crippen LogP contribution in [0, 0.1) is 0 Å². The van der Waals surface area contributed by atoms with E-state index in [1.165, 1.54) is 11.1 Å². The van der Waals surface area contributed by atoms with Crippen LogP contribution in [0.3, 0.4) is 0 Å². The van der Waals surface area contributed by atoms with Gasteiger partial charge in [-0.2, -0.15) is 5.10 Å². The Bertz CT molecular complexity index is 834. The summed E-state index contributed by atoms with van der Waals surface area (Å²) in [6.45, 7) is 2.85. The van der Waals surface area contributed by atoms with Crippen molar-refractivity contribution in [1.29, 1.82) is 0 Å². The molecule has 0 saturated heterocycles. The predicted molar refractivity (Wildman–Crippen MR) is 86.1 cm³/mol. The third-order valence-corrected chi connectivity index (χ3v) is 4.77. The van der Waals surface area contributed by atoms with Crippen molar-refractivity contribution in [2.45, 2.75) is 25.8 Å². The van der Waals surface area contributed by atoms with Crippen molar-refractivity contribution in [1.82, 2.24) is 14.5 Å². The molecule has 1 unspecified atom stereocenters. The maximum Gasteiger partial charge on any atom is 0.274 e. The zero-order chi connectivity index (χ0) is 15.3. The number of hydrogen-bond donors (Lipinski definition) is 0. The van der Waals surface area contributed by atoms with Crippen LogP contribution in [0.2, 0.25) is 5.02 Å². The molecule has 2 aromatic heterocycles. The third-order valence-electron chi connectivity index (χ3n) is 4.55. The number of carbonyl (C=O) groups excluding carboxylic acids is 1. The molecule has 1 aliphatic heterocycles. The summed E-state index contributed by atoms with van der Waals surface area (Å²) >= 11 is 5.97. The van der Waals surface area contributed by atoms with E-state index >= 15 is 0 Å². The first-order chi connectivity index (χ1) is 10.6. The Labute approximate surface area is 133 Å². The molecule has 2 aliphatic rings. The Kier molecular flexibility index (Phi) is 3.08. The van der Waals surface area contributed by atoms with E-state index in [2.05, 4.69) is 24.2 Å². The van der Waals surface area contributed by atoms with Gasteiger partial charge in [-0.1, -0.05) is 29.3 Å². The smallest absolute Gasteiger partial charge is 0.274 e. The summed E-state index contributed by atoms with van der Waals surface area (Å²) in [6, 6.07) is 5.60. The minimum atomic E-state index is -0.0147. The van der Waals surface area contributed by atoms with Gasteiger partial charge in [0.2, 0.25) is 0 Å². The fraction of sp³-hybridized carbons (Fsp3) is 0.294. The van der Waals surface area contributed by atoms with Crippen molar-refractivity contribution >= 4 is 23.0 Å². The van der Waals surface area contributed by atoms with E-state index in [0.29, 0.717) is 10.7 Å². The second kappa shape index (κ2) is 4.99. The average molecular weight is 314 g/mol. The molecule has 0 saturated carbocycles. The van der Waals surface area contributed by atoms with Gasteiger partial charge in [-0.25, -0.2) is 4.52 Å². The van der Waals surface area contributed by atoms with Gasteiger partial charge in [0.25, 0.3) is 5.91 Å². The van der Waals surface area contributed by atoms with Crippen LogP contribution >= 0.6 is 11.6 Å². The molecule has 2 aromatic rings. The number of halogens is 1. The zero-order valence-corrected chi connectivity index (χ0v) is 13.0. The highest BCUT2D eigenvalue weighted by atomic mass is 35.5. The molecule has 0 N–H and O–H groups in total. The quantitative estimate of drug-likeness (QED) is 0.808. The molecular formula is C17H16ClN3O. The summed E-state index contributed by atoms with van der Waals surface area (Å²) in [5.74, 6) is -0.0147. The Balaban J connectivity index is 1.67. The van der Waals surface area contributed by atoms with Gasteiger partial charge < -0.3 is 4.90 Å². The number of carbonyl (C=O) groups is 1. The molecule has 112 valence electrons. The van der Waals surface area contributed by atoms with E-state index in [4.69, 9.17) is 11.6 Å². The average Bonchev–Trinajstić information content (AvgIpc) is 3.12. The number of nitrogens with zero attached hydrogens (tertiary/aromatic N) is 3. The number of rotatable bonds is 1. The highest BCUT2D eigenvalue weighted by molar-refractivity contribution is 6.30. The first-order valence-electron chi connectivity index (χ1n) is 7.48. The van der Waals surface area contributed by atoms with Gasteiger partial charge in [-0.3, -0.25) is 4.79 Å². The van der Waals surface area contributed by atoms with E-state index in [0.717, 1.165) is 24.9 Å². The van der Waals surface area contributed by atoms with Gasteiger partial charge in [-0.15, -0.1) is 0 Å². The molecule has 1 atom stereocenters. The largest absolute Gasteiger partial charge is 0.330 e. The summed E-state index contributed by atoms with van der Waals surface area (Å²) < 4.78 is 1.66. The minimum absolute atomic E-state index is 0.0147. The number of aromatic nitrogens is 2. The van der Waals surface area contributed by atoms with Crippen molar-refractivity contribution in [2.75, 3.05) is 6.54 Å². The van der Waals surface area contributed by atoms with Crippen LogP contribution in [0.25, 0.3) is 5.52 Å². The van der Waals surface area contributed by atoms with Crippen LogP contribution < -0.4 is 0 Å². The Morgan fingerprint density at radius 3 is 3.14 bits per heavy atom. The van der Waals surface area contributed by atoms with Crippen molar-refractivity contribution in [3.8, 4) is 0 Å². The molecule has 3 heterocycles. The van der Waals surface area contributed by atoms with Crippen molar-refractivity contribution < 1.29 is 4.79 Å². The molecule has 22 heavy (non-hydrogen) atoms. The van der Waals surface area contributed by atoms with E-state index < -0.39 is 0 Å². The standard InChI is InChI=1S/C17H16ClN3O/c1-11-15-4-2-3-12(15)7-8-20(11)17(22)16-9-14-6-5-13(18)10-21(14)19-16/h2,4-6,9-11H,3,7-8H2,1H3. The van der Waals surface area contributed by atoms with Gasteiger partial charge in [0.05, 0.1) is 16.6 Å². The van der Waals surface area contributed by atoms with Crippen LogP contribution in [0.1, 0.15) is 30.3 Å². The molecule has 5 heteroatoms. The zero-order valence-electron chi connectivity index (χ0n) is 12.3. The Morgan fingerprint density at radius 2 is 2.27 bits per heavy atom. The molecule has 4 rings (SSSR count). The summed E-state index contributed by atoms with van der Waals surface area (Å²) in [5, 5.41) is 4.98. The topological polar surface area (TPSA) is 37.6 Å². The maximum absolute atomic E-state index is 12.8. The molecule has 1 amide bonds. The van der Waals surface area contributed by atoms with Gasteiger partial charge in [-0.05, 0) is 43.5 Å².